The normalized spacial score (nSPS) is 13.8. The van der Waals surface area contributed by atoms with Crippen molar-refractivity contribution in [3.8, 4) is 12.3 Å². The Hall–Kier alpha value is -2.03. The minimum absolute atomic E-state index is 0.403. The molecule has 0 saturated heterocycles. The first-order valence-electron chi connectivity index (χ1n) is 6.25. The number of hydrogen-bond donors (Lipinski definition) is 3. The van der Waals surface area contributed by atoms with Crippen molar-refractivity contribution in [2.75, 3.05) is 29.0 Å². The predicted octanol–water partition coefficient (Wildman–Crippen LogP) is 1.31. The first kappa shape index (κ1) is 12.4. The summed E-state index contributed by atoms with van der Waals surface area (Å²) in [6, 6.07) is 0.506. The van der Waals surface area contributed by atoms with Gasteiger partial charge in [0.1, 0.15) is 0 Å². The summed E-state index contributed by atoms with van der Waals surface area (Å²) in [5.41, 5.74) is 0. The van der Waals surface area contributed by atoms with Crippen LogP contribution in [0.15, 0.2) is 0 Å². The van der Waals surface area contributed by atoms with E-state index >= 15 is 0 Å². The molecule has 2 rings (SSSR count). The van der Waals surface area contributed by atoms with Crippen LogP contribution in [0.1, 0.15) is 26.2 Å². The Kier molecular flexibility index (Phi) is 4.18. The maximum absolute atomic E-state index is 5.21. The van der Waals surface area contributed by atoms with Crippen molar-refractivity contribution < 1.29 is 0 Å². The van der Waals surface area contributed by atoms with Crippen LogP contribution in [0.5, 0.6) is 0 Å². The lowest BCUT2D eigenvalue weighted by Gasteiger charge is -2.09. The Morgan fingerprint density at radius 1 is 1.17 bits per heavy atom. The van der Waals surface area contributed by atoms with E-state index in [9.17, 15) is 0 Å². The SMILES string of the molecule is C#CCNc1nc(NCCC)nc(NC2CC2)n1. The highest BCUT2D eigenvalue weighted by molar-refractivity contribution is 5.43. The second kappa shape index (κ2) is 6.05. The zero-order chi connectivity index (χ0) is 12.8. The molecular formula is C12H18N6. The number of nitrogens with zero attached hydrogens (tertiary/aromatic N) is 3. The standard InChI is InChI=1S/C12H18N6/c1-3-7-13-10-16-11(14-8-4-2)18-12(17-10)15-9-5-6-9/h1,9H,4-8H2,2H3,(H3,13,14,15,16,17,18). The predicted molar refractivity (Wildman–Crippen MR) is 72.6 cm³/mol. The lowest BCUT2D eigenvalue weighted by molar-refractivity contribution is 0.932. The minimum Gasteiger partial charge on any atom is -0.354 e. The van der Waals surface area contributed by atoms with Crippen LogP contribution < -0.4 is 16.0 Å². The Bertz CT molecular complexity index is 435. The molecule has 1 fully saturated rings. The van der Waals surface area contributed by atoms with Gasteiger partial charge in [0, 0.05) is 12.6 Å². The molecule has 96 valence electrons. The topological polar surface area (TPSA) is 74.8 Å². The van der Waals surface area contributed by atoms with Gasteiger partial charge in [-0.15, -0.1) is 6.42 Å². The summed E-state index contributed by atoms with van der Waals surface area (Å²) in [7, 11) is 0. The highest BCUT2D eigenvalue weighted by atomic mass is 15.3. The molecule has 0 aliphatic heterocycles. The number of terminal acetylenes is 1. The molecule has 1 aliphatic rings. The number of rotatable bonds is 7. The van der Waals surface area contributed by atoms with Gasteiger partial charge >= 0.3 is 0 Å². The molecule has 1 aromatic rings. The van der Waals surface area contributed by atoms with Crippen LogP contribution in [0, 0.1) is 12.3 Å². The fraction of sp³-hybridized carbons (Fsp3) is 0.583. The van der Waals surface area contributed by atoms with Crippen LogP contribution in [0.4, 0.5) is 17.8 Å². The van der Waals surface area contributed by atoms with Crippen LogP contribution in [0.3, 0.4) is 0 Å². The molecule has 0 bridgehead atoms. The quantitative estimate of drug-likeness (QED) is 0.630. The van der Waals surface area contributed by atoms with Crippen LogP contribution in [-0.4, -0.2) is 34.1 Å². The van der Waals surface area contributed by atoms with Gasteiger partial charge in [-0.2, -0.15) is 15.0 Å². The molecular weight excluding hydrogens is 228 g/mol. The zero-order valence-corrected chi connectivity index (χ0v) is 10.5. The number of nitrogens with one attached hydrogen (secondary N) is 3. The Balaban J connectivity index is 2.08. The second-order valence-electron chi connectivity index (χ2n) is 4.21. The van der Waals surface area contributed by atoms with Crippen LogP contribution in [0.2, 0.25) is 0 Å². The molecule has 0 radical (unpaired) electrons. The molecule has 0 amide bonds. The molecule has 6 heteroatoms. The van der Waals surface area contributed by atoms with Crippen molar-refractivity contribution in [3.05, 3.63) is 0 Å². The van der Waals surface area contributed by atoms with Gasteiger partial charge in [-0.05, 0) is 19.3 Å². The maximum atomic E-state index is 5.21. The van der Waals surface area contributed by atoms with Crippen molar-refractivity contribution in [1.29, 1.82) is 0 Å². The summed E-state index contributed by atoms with van der Waals surface area (Å²) in [4.78, 5) is 12.9. The van der Waals surface area contributed by atoms with E-state index in [4.69, 9.17) is 6.42 Å². The van der Waals surface area contributed by atoms with Gasteiger partial charge in [-0.1, -0.05) is 12.8 Å². The average Bonchev–Trinajstić information content (AvgIpc) is 3.17. The smallest absolute Gasteiger partial charge is 0.230 e. The summed E-state index contributed by atoms with van der Waals surface area (Å²) < 4.78 is 0. The third kappa shape index (κ3) is 3.77. The first-order chi connectivity index (χ1) is 8.81. The minimum atomic E-state index is 0.403. The summed E-state index contributed by atoms with van der Waals surface area (Å²) in [5.74, 6) is 4.18. The highest BCUT2D eigenvalue weighted by Crippen LogP contribution is 2.23. The van der Waals surface area contributed by atoms with E-state index in [0.29, 0.717) is 30.4 Å². The van der Waals surface area contributed by atoms with E-state index in [-0.39, 0.29) is 0 Å². The van der Waals surface area contributed by atoms with Crippen molar-refractivity contribution in [3.63, 3.8) is 0 Å². The molecule has 1 aliphatic carbocycles. The van der Waals surface area contributed by atoms with Gasteiger partial charge in [0.05, 0.1) is 6.54 Å². The number of hydrogen-bond acceptors (Lipinski definition) is 6. The monoisotopic (exact) mass is 246 g/mol. The van der Waals surface area contributed by atoms with Crippen molar-refractivity contribution in [1.82, 2.24) is 15.0 Å². The van der Waals surface area contributed by atoms with Gasteiger partial charge in [0.2, 0.25) is 17.8 Å². The van der Waals surface area contributed by atoms with E-state index in [1.54, 1.807) is 0 Å². The molecule has 0 aromatic carbocycles. The lowest BCUT2D eigenvalue weighted by Crippen LogP contribution is -2.13. The third-order valence-electron chi connectivity index (χ3n) is 2.43. The molecule has 6 nitrogen and oxygen atoms in total. The summed E-state index contributed by atoms with van der Waals surface area (Å²) in [6.45, 7) is 3.33. The number of aromatic nitrogens is 3. The van der Waals surface area contributed by atoms with Gasteiger partial charge in [0.15, 0.2) is 0 Å². The molecule has 1 saturated carbocycles. The van der Waals surface area contributed by atoms with E-state index < -0.39 is 0 Å². The van der Waals surface area contributed by atoms with Crippen molar-refractivity contribution in [2.45, 2.75) is 32.2 Å². The Labute approximate surface area is 107 Å². The molecule has 0 spiro atoms. The molecule has 1 aromatic heterocycles. The van der Waals surface area contributed by atoms with Gasteiger partial charge in [0.25, 0.3) is 0 Å². The summed E-state index contributed by atoms with van der Waals surface area (Å²) >= 11 is 0. The van der Waals surface area contributed by atoms with Gasteiger partial charge in [-0.3, -0.25) is 0 Å². The van der Waals surface area contributed by atoms with Gasteiger partial charge in [-0.25, -0.2) is 0 Å². The Morgan fingerprint density at radius 3 is 2.44 bits per heavy atom. The average molecular weight is 246 g/mol. The van der Waals surface area contributed by atoms with E-state index in [1.165, 1.54) is 12.8 Å². The van der Waals surface area contributed by atoms with Crippen LogP contribution in [-0.2, 0) is 0 Å². The largest absolute Gasteiger partial charge is 0.354 e. The van der Waals surface area contributed by atoms with E-state index in [0.717, 1.165) is 13.0 Å². The Morgan fingerprint density at radius 2 is 1.83 bits per heavy atom. The lowest BCUT2D eigenvalue weighted by atomic mass is 10.5. The molecule has 18 heavy (non-hydrogen) atoms. The maximum Gasteiger partial charge on any atom is 0.230 e. The second-order valence-corrected chi connectivity index (χ2v) is 4.21. The highest BCUT2D eigenvalue weighted by Gasteiger charge is 2.22. The summed E-state index contributed by atoms with van der Waals surface area (Å²) in [6.07, 6.45) is 8.58. The molecule has 1 heterocycles. The first-order valence-corrected chi connectivity index (χ1v) is 6.25. The van der Waals surface area contributed by atoms with Crippen LogP contribution in [0.25, 0.3) is 0 Å². The van der Waals surface area contributed by atoms with Crippen LogP contribution >= 0.6 is 0 Å². The summed E-state index contributed by atoms with van der Waals surface area (Å²) in [5, 5.41) is 9.37. The molecule has 0 atom stereocenters. The van der Waals surface area contributed by atoms with Crippen molar-refractivity contribution in [2.24, 2.45) is 0 Å². The van der Waals surface area contributed by atoms with E-state index in [1.807, 2.05) is 0 Å². The fourth-order valence-corrected chi connectivity index (χ4v) is 1.38. The fourth-order valence-electron chi connectivity index (χ4n) is 1.38. The molecule has 3 N–H and O–H groups in total. The zero-order valence-electron chi connectivity index (χ0n) is 10.5. The van der Waals surface area contributed by atoms with Crippen molar-refractivity contribution >= 4 is 17.8 Å². The molecule has 0 unspecified atom stereocenters. The number of anilines is 3. The van der Waals surface area contributed by atoms with E-state index in [2.05, 4.69) is 43.7 Å². The third-order valence-corrected chi connectivity index (χ3v) is 2.43. The van der Waals surface area contributed by atoms with Gasteiger partial charge < -0.3 is 16.0 Å².